The second-order valence-electron chi connectivity index (χ2n) is 6.17. The van der Waals surface area contributed by atoms with Gasteiger partial charge < -0.3 is 19.5 Å². The number of aromatic amines is 1. The van der Waals surface area contributed by atoms with Gasteiger partial charge in [0.05, 0.1) is 18.1 Å². The number of hydrogen-bond donors (Lipinski definition) is 2. The van der Waals surface area contributed by atoms with E-state index >= 15 is 0 Å². The van der Waals surface area contributed by atoms with Crippen LogP contribution in [0.4, 0.5) is 5.69 Å². The molecule has 7 nitrogen and oxygen atoms in total. The van der Waals surface area contributed by atoms with Gasteiger partial charge in [0.1, 0.15) is 23.2 Å². The molecule has 0 aliphatic carbocycles. The van der Waals surface area contributed by atoms with E-state index in [9.17, 15) is 10.1 Å². The molecule has 2 aromatic heterocycles. The number of anilines is 1. The number of hydrogen-bond acceptors (Lipinski definition) is 6. The third kappa shape index (κ3) is 4.37. The van der Waals surface area contributed by atoms with Crippen molar-refractivity contribution in [3.63, 3.8) is 0 Å². The van der Waals surface area contributed by atoms with Crippen molar-refractivity contribution in [1.82, 2.24) is 9.97 Å². The van der Waals surface area contributed by atoms with E-state index in [1.807, 2.05) is 30.3 Å². The first-order chi connectivity index (χ1) is 14.6. The van der Waals surface area contributed by atoms with Crippen LogP contribution in [-0.4, -0.2) is 23.0 Å². The molecule has 0 unspecified atom stereocenters. The Morgan fingerprint density at radius 3 is 2.73 bits per heavy atom. The number of furan rings is 1. The van der Waals surface area contributed by atoms with E-state index < -0.39 is 5.91 Å². The summed E-state index contributed by atoms with van der Waals surface area (Å²) in [6.07, 6.45) is 1.40. The first-order valence-corrected chi connectivity index (χ1v) is 9.76. The Kier molecular flexibility index (Phi) is 5.54. The van der Waals surface area contributed by atoms with Crippen LogP contribution in [0.15, 0.2) is 80.9 Å². The third-order valence-corrected chi connectivity index (χ3v) is 4.97. The Morgan fingerprint density at radius 2 is 2.00 bits per heavy atom. The van der Waals surface area contributed by atoms with E-state index in [2.05, 4.69) is 15.3 Å². The average Bonchev–Trinajstić information content (AvgIpc) is 3.38. The Morgan fingerprint density at radius 1 is 1.20 bits per heavy atom. The van der Waals surface area contributed by atoms with Gasteiger partial charge in [-0.3, -0.25) is 4.79 Å². The lowest BCUT2D eigenvalue weighted by Gasteiger charge is -2.05. The van der Waals surface area contributed by atoms with Crippen molar-refractivity contribution in [2.24, 2.45) is 0 Å². The molecule has 0 radical (unpaired) electrons. The fraction of sp³-hybridized carbons (Fsp3) is 0.0455. The number of nitrogens with zero attached hydrogens (tertiary/aromatic N) is 2. The van der Waals surface area contributed by atoms with Crippen LogP contribution in [0.5, 0.6) is 5.75 Å². The van der Waals surface area contributed by atoms with Crippen LogP contribution in [0, 0.1) is 11.3 Å². The molecule has 0 spiro atoms. The van der Waals surface area contributed by atoms with Crippen molar-refractivity contribution >= 4 is 40.5 Å². The van der Waals surface area contributed by atoms with Gasteiger partial charge in [-0.1, -0.05) is 12.1 Å². The molecule has 0 bridgehead atoms. The highest BCUT2D eigenvalue weighted by Crippen LogP contribution is 2.29. The Balaban J connectivity index is 1.46. The number of nitriles is 1. The highest BCUT2D eigenvalue weighted by molar-refractivity contribution is 7.99. The molecule has 0 saturated heterocycles. The fourth-order valence-corrected chi connectivity index (χ4v) is 3.47. The lowest BCUT2D eigenvalue weighted by atomic mass is 10.2. The highest BCUT2D eigenvalue weighted by atomic mass is 32.2. The van der Waals surface area contributed by atoms with Crippen LogP contribution < -0.4 is 10.1 Å². The summed E-state index contributed by atoms with van der Waals surface area (Å²) in [6, 6.07) is 19.9. The number of imidazole rings is 1. The normalized spacial score (nSPS) is 11.3. The van der Waals surface area contributed by atoms with Crippen LogP contribution in [0.2, 0.25) is 0 Å². The molecular formula is C22H16N4O3S. The fourth-order valence-electron chi connectivity index (χ4n) is 2.70. The molecule has 2 heterocycles. The number of ether oxygens (including phenoxy) is 1. The molecule has 1 amide bonds. The number of para-hydroxylation sites is 2. The molecule has 4 rings (SSSR count). The number of rotatable bonds is 6. The number of benzene rings is 2. The summed E-state index contributed by atoms with van der Waals surface area (Å²) < 4.78 is 10.8. The van der Waals surface area contributed by atoms with Crippen molar-refractivity contribution in [1.29, 1.82) is 5.26 Å². The standard InChI is InChI=1S/C22H16N4O3S/c1-28-16-8-6-15(7-9-16)24-21(27)14(13-23)12-17-10-11-20(29-17)30-22-25-18-4-2-3-5-19(18)26-22/h2-12H,1H3,(H,24,27)(H,25,26)/b14-12+. The number of nitrogens with one attached hydrogen (secondary N) is 2. The number of carbonyl (C=O) groups is 1. The van der Waals surface area contributed by atoms with Gasteiger partial charge in [0.15, 0.2) is 10.2 Å². The van der Waals surface area contributed by atoms with Crippen LogP contribution >= 0.6 is 11.8 Å². The van der Waals surface area contributed by atoms with E-state index in [-0.39, 0.29) is 5.57 Å². The molecule has 0 aliphatic heterocycles. The topological polar surface area (TPSA) is 104 Å². The summed E-state index contributed by atoms with van der Waals surface area (Å²) in [5.74, 6) is 0.551. The summed E-state index contributed by atoms with van der Waals surface area (Å²) in [5, 5.41) is 13.3. The van der Waals surface area contributed by atoms with Gasteiger partial charge >= 0.3 is 0 Å². The average molecular weight is 416 g/mol. The highest BCUT2D eigenvalue weighted by Gasteiger charge is 2.12. The monoisotopic (exact) mass is 416 g/mol. The molecule has 0 saturated carbocycles. The summed E-state index contributed by atoms with van der Waals surface area (Å²) in [4.78, 5) is 20.1. The van der Waals surface area contributed by atoms with Crippen molar-refractivity contribution < 1.29 is 13.9 Å². The Labute approximate surface area is 176 Å². The SMILES string of the molecule is COc1ccc(NC(=O)/C(C#N)=C/c2ccc(Sc3nc4ccccc4[nH]3)o2)cc1. The van der Waals surface area contributed by atoms with E-state index in [0.29, 0.717) is 27.4 Å². The first-order valence-electron chi connectivity index (χ1n) is 8.94. The van der Waals surface area contributed by atoms with Crippen molar-refractivity contribution in [3.8, 4) is 11.8 Å². The summed E-state index contributed by atoms with van der Waals surface area (Å²) in [5.41, 5.74) is 2.30. The van der Waals surface area contributed by atoms with E-state index in [1.54, 1.807) is 43.5 Å². The zero-order valence-electron chi connectivity index (χ0n) is 15.9. The second-order valence-corrected chi connectivity index (χ2v) is 7.16. The van der Waals surface area contributed by atoms with Gasteiger partial charge in [-0.2, -0.15) is 5.26 Å². The molecule has 2 N–H and O–H groups in total. The van der Waals surface area contributed by atoms with Gasteiger partial charge in [-0.05, 0) is 60.3 Å². The number of fused-ring (bicyclic) bond motifs is 1. The number of carbonyl (C=O) groups excluding carboxylic acids is 1. The Bertz CT molecular complexity index is 1230. The summed E-state index contributed by atoms with van der Waals surface area (Å²) in [7, 11) is 1.56. The second kappa shape index (κ2) is 8.59. The van der Waals surface area contributed by atoms with Crippen molar-refractivity contribution in [2.75, 3.05) is 12.4 Å². The lowest BCUT2D eigenvalue weighted by Crippen LogP contribution is -2.13. The zero-order chi connectivity index (χ0) is 20.9. The van der Waals surface area contributed by atoms with Gasteiger partial charge in [0, 0.05) is 11.8 Å². The maximum Gasteiger partial charge on any atom is 0.266 e. The van der Waals surface area contributed by atoms with Crippen molar-refractivity contribution in [2.45, 2.75) is 10.2 Å². The van der Waals surface area contributed by atoms with Gasteiger partial charge in [-0.15, -0.1) is 0 Å². The van der Waals surface area contributed by atoms with Crippen LogP contribution in [0.25, 0.3) is 17.1 Å². The predicted octanol–water partition coefficient (Wildman–Crippen LogP) is 4.86. The molecule has 8 heteroatoms. The number of methoxy groups -OCH3 is 1. The maximum absolute atomic E-state index is 12.4. The van der Waals surface area contributed by atoms with Crippen molar-refractivity contribution in [3.05, 3.63) is 72.0 Å². The quantitative estimate of drug-likeness (QED) is 0.344. The first kappa shape index (κ1) is 19.4. The molecule has 0 fully saturated rings. The van der Waals surface area contributed by atoms with Crippen LogP contribution in [0.1, 0.15) is 5.76 Å². The predicted molar refractivity (Wildman–Crippen MR) is 114 cm³/mol. The lowest BCUT2D eigenvalue weighted by molar-refractivity contribution is -0.112. The number of aromatic nitrogens is 2. The van der Waals surface area contributed by atoms with Gasteiger partial charge in [0.25, 0.3) is 5.91 Å². The molecular weight excluding hydrogens is 400 g/mol. The van der Waals surface area contributed by atoms with E-state index in [1.165, 1.54) is 17.8 Å². The summed E-state index contributed by atoms with van der Waals surface area (Å²) in [6.45, 7) is 0. The molecule has 4 aromatic rings. The number of H-pyrrole nitrogens is 1. The van der Waals surface area contributed by atoms with Crippen LogP contribution in [0.3, 0.4) is 0 Å². The minimum atomic E-state index is -0.523. The number of amides is 1. The molecule has 30 heavy (non-hydrogen) atoms. The Hall–Kier alpha value is -3.96. The van der Waals surface area contributed by atoms with Crippen LogP contribution in [-0.2, 0) is 4.79 Å². The van der Waals surface area contributed by atoms with E-state index in [0.717, 1.165) is 11.0 Å². The minimum absolute atomic E-state index is 0.0690. The zero-order valence-corrected chi connectivity index (χ0v) is 16.7. The third-order valence-electron chi connectivity index (χ3n) is 4.17. The molecule has 0 aliphatic rings. The van der Waals surface area contributed by atoms with Gasteiger partial charge in [-0.25, -0.2) is 4.98 Å². The largest absolute Gasteiger partial charge is 0.497 e. The summed E-state index contributed by atoms with van der Waals surface area (Å²) >= 11 is 1.33. The maximum atomic E-state index is 12.4. The minimum Gasteiger partial charge on any atom is -0.497 e. The van der Waals surface area contributed by atoms with Gasteiger partial charge in [0.2, 0.25) is 0 Å². The smallest absolute Gasteiger partial charge is 0.266 e. The van der Waals surface area contributed by atoms with E-state index in [4.69, 9.17) is 9.15 Å². The molecule has 2 aromatic carbocycles. The molecule has 0 atom stereocenters. The molecule has 148 valence electrons.